The minimum atomic E-state index is -4.68. The fraction of sp³-hybridized carbons (Fsp3) is 0.0909. The zero-order valence-corrected chi connectivity index (χ0v) is 19.1. The predicted molar refractivity (Wildman–Crippen MR) is 111 cm³/mol. The second kappa shape index (κ2) is 10.1. The molecule has 7 heteroatoms. The monoisotopic (exact) mass is 417 g/mol. The number of anilines is 1. The number of nitrogen functional groups attached to an aromatic ring is 1. The molecule has 0 spiro atoms. The molecule has 0 aliphatic heterocycles. The van der Waals surface area contributed by atoms with Crippen molar-refractivity contribution in [3.8, 4) is 5.75 Å². The Morgan fingerprint density at radius 1 is 1.03 bits per heavy atom. The molecular formula is C22H20NNaO4S. The van der Waals surface area contributed by atoms with E-state index in [2.05, 4.69) is 6.07 Å². The Morgan fingerprint density at radius 2 is 1.69 bits per heavy atom. The molecular weight excluding hydrogens is 397 g/mol. The van der Waals surface area contributed by atoms with Crippen LogP contribution >= 0.6 is 0 Å². The summed E-state index contributed by atoms with van der Waals surface area (Å²) in [6.45, 7) is 2.03. The van der Waals surface area contributed by atoms with Crippen LogP contribution in [0.5, 0.6) is 5.75 Å². The largest absolute Gasteiger partial charge is 1.00 e. The van der Waals surface area contributed by atoms with E-state index in [4.69, 9.17) is 9.92 Å². The van der Waals surface area contributed by atoms with Crippen LogP contribution in [0.25, 0.3) is 11.1 Å². The van der Waals surface area contributed by atoms with Crippen molar-refractivity contribution >= 4 is 27.2 Å². The quantitative estimate of drug-likeness (QED) is 0.209. The van der Waals surface area contributed by atoms with Gasteiger partial charge in [0.2, 0.25) is 0 Å². The Labute approximate surface area is 193 Å². The molecule has 0 radical (unpaired) electrons. The van der Waals surface area contributed by atoms with E-state index in [1.807, 2.05) is 49.4 Å². The van der Waals surface area contributed by atoms with Crippen molar-refractivity contribution in [3.05, 3.63) is 95.6 Å². The van der Waals surface area contributed by atoms with E-state index in [1.165, 1.54) is 6.07 Å². The first kappa shape index (κ1) is 23.2. The van der Waals surface area contributed by atoms with Gasteiger partial charge in [-0.2, -0.15) is 26.6 Å². The molecule has 29 heavy (non-hydrogen) atoms. The summed E-state index contributed by atoms with van der Waals surface area (Å²) in [4.78, 5) is 0. The van der Waals surface area contributed by atoms with E-state index in [1.54, 1.807) is 24.3 Å². The summed E-state index contributed by atoms with van der Waals surface area (Å²) >= 11 is 0. The van der Waals surface area contributed by atoms with Crippen LogP contribution in [0.4, 0.5) is 5.69 Å². The summed E-state index contributed by atoms with van der Waals surface area (Å²) in [5.74, 6) is -0.00120. The molecule has 5 nitrogen and oxygen atoms in total. The average molecular weight is 417 g/mol. The second-order valence-electron chi connectivity index (χ2n) is 6.13. The third-order valence-electron chi connectivity index (χ3n) is 4.27. The van der Waals surface area contributed by atoms with Crippen LogP contribution in [0.15, 0.2) is 72.8 Å². The smallest absolute Gasteiger partial charge is 0.425 e. The number of nitrogens with two attached hydrogens (primary N) is 1. The van der Waals surface area contributed by atoms with Crippen molar-refractivity contribution in [3.63, 3.8) is 0 Å². The third kappa shape index (κ3) is 5.95. The Bertz CT molecular complexity index is 1100. The molecule has 3 aromatic rings. The molecule has 3 rings (SSSR count). The summed E-state index contributed by atoms with van der Waals surface area (Å²) in [6.07, 6.45) is 0.688. The zero-order chi connectivity index (χ0) is 20.1. The van der Waals surface area contributed by atoms with Crippen LogP contribution in [-0.2, 0) is 10.4 Å². The average Bonchev–Trinajstić information content (AvgIpc) is 2.67. The van der Waals surface area contributed by atoms with Crippen LogP contribution in [0.3, 0.4) is 0 Å². The topological polar surface area (TPSA) is 89.6 Å². The Balaban J connectivity index is 0.00000300. The van der Waals surface area contributed by atoms with Gasteiger partial charge in [-0.25, -0.2) is 0 Å². The van der Waals surface area contributed by atoms with Crippen molar-refractivity contribution in [2.24, 2.45) is 0 Å². The van der Waals surface area contributed by atoms with E-state index in [0.29, 0.717) is 17.7 Å². The molecule has 0 unspecified atom stereocenters. The standard InChI is InChI=1S/C22H20NO4S.Na/c1-2-19(16-8-4-3-5-9-16)22(17-12-14-18(23)15-13-17)20-10-6-7-11-21(20)27-28(24,25)26;/h3-6,8-15H,2,23H2,1H3,(H,24,25,26);/q-1;+1. The number of benzene rings is 3. The van der Waals surface area contributed by atoms with Crippen LogP contribution < -0.4 is 39.5 Å². The fourth-order valence-electron chi connectivity index (χ4n) is 3.11. The molecule has 0 fully saturated rings. The van der Waals surface area contributed by atoms with Gasteiger partial charge in [0.1, 0.15) is 0 Å². The molecule has 0 saturated heterocycles. The van der Waals surface area contributed by atoms with Gasteiger partial charge < -0.3 is 9.92 Å². The minimum Gasteiger partial charge on any atom is -0.425 e. The van der Waals surface area contributed by atoms with E-state index in [9.17, 15) is 13.0 Å². The Kier molecular flexibility index (Phi) is 8.07. The van der Waals surface area contributed by atoms with Gasteiger partial charge in [0.15, 0.2) is 0 Å². The first-order chi connectivity index (χ1) is 13.4. The van der Waals surface area contributed by atoms with Crippen LogP contribution in [0.2, 0.25) is 0 Å². The maximum absolute atomic E-state index is 11.4. The maximum Gasteiger partial charge on any atom is 1.00 e. The van der Waals surface area contributed by atoms with Gasteiger partial charge in [0.05, 0.1) is 0 Å². The SMILES string of the molecule is CCC(=C(c1ccc(N)cc1)c1cc[c-]cc1OS(=O)(=O)O)c1ccccc1.[Na+]. The van der Waals surface area contributed by atoms with Gasteiger partial charge in [-0.3, -0.25) is 4.55 Å². The molecule has 144 valence electrons. The number of hydrogen-bond acceptors (Lipinski definition) is 4. The van der Waals surface area contributed by atoms with E-state index in [-0.39, 0.29) is 35.3 Å². The van der Waals surface area contributed by atoms with Crippen molar-refractivity contribution in [1.29, 1.82) is 0 Å². The predicted octanol–water partition coefficient (Wildman–Crippen LogP) is 1.62. The van der Waals surface area contributed by atoms with Crippen LogP contribution in [0.1, 0.15) is 30.0 Å². The van der Waals surface area contributed by atoms with Crippen LogP contribution in [-0.4, -0.2) is 13.0 Å². The number of rotatable bonds is 6. The maximum atomic E-state index is 11.4. The molecule has 0 aromatic heterocycles. The first-order valence-corrected chi connectivity index (χ1v) is 10.1. The molecule has 3 N–H and O–H groups in total. The third-order valence-corrected chi connectivity index (χ3v) is 4.66. The summed E-state index contributed by atoms with van der Waals surface area (Å²) in [6, 6.07) is 24.7. The van der Waals surface area contributed by atoms with E-state index < -0.39 is 10.4 Å². The summed E-state index contributed by atoms with van der Waals surface area (Å²) in [5.41, 5.74) is 10.6. The molecule has 0 atom stereocenters. The molecule has 0 aliphatic rings. The van der Waals surface area contributed by atoms with E-state index >= 15 is 0 Å². The Hall–Kier alpha value is -2.09. The van der Waals surface area contributed by atoms with Gasteiger partial charge in [-0.05, 0) is 40.8 Å². The van der Waals surface area contributed by atoms with Gasteiger partial charge in [0.25, 0.3) is 0 Å². The number of allylic oxidation sites excluding steroid dienone is 1. The summed E-state index contributed by atoms with van der Waals surface area (Å²) in [5, 5.41) is 0. The van der Waals surface area contributed by atoms with Crippen molar-refractivity contribution in [1.82, 2.24) is 0 Å². The van der Waals surface area contributed by atoms with Gasteiger partial charge in [-0.15, -0.1) is 6.07 Å². The van der Waals surface area contributed by atoms with Crippen LogP contribution in [0, 0.1) is 6.07 Å². The summed E-state index contributed by atoms with van der Waals surface area (Å²) < 4.78 is 36.7. The minimum absolute atomic E-state index is 0. The molecule has 0 bridgehead atoms. The van der Waals surface area contributed by atoms with Crippen molar-refractivity contribution < 1.29 is 46.7 Å². The molecule has 0 heterocycles. The zero-order valence-electron chi connectivity index (χ0n) is 16.3. The number of hydrogen-bond donors (Lipinski definition) is 2. The van der Waals surface area contributed by atoms with E-state index in [0.717, 1.165) is 22.3 Å². The second-order valence-corrected chi connectivity index (χ2v) is 7.15. The normalized spacial score (nSPS) is 11.9. The van der Waals surface area contributed by atoms with Crippen molar-refractivity contribution in [2.45, 2.75) is 13.3 Å². The Morgan fingerprint density at radius 3 is 2.28 bits per heavy atom. The first-order valence-electron chi connectivity index (χ1n) is 8.71. The fourth-order valence-corrected chi connectivity index (χ4v) is 3.48. The summed E-state index contributed by atoms with van der Waals surface area (Å²) in [7, 11) is -4.68. The molecule has 0 saturated carbocycles. The van der Waals surface area contributed by atoms with Gasteiger partial charge in [0, 0.05) is 11.4 Å². The van der Waals surface area contributed by atoms with Crippen molar-refractivity contribution in [2.75, 3.05) is 5.73 Å². The molecule has 3 aromatic carbocycles. The molecule has 0 aliphatic carbocycles. The molecule has 0 amide bonds. The van der Waals surface area contributed by atoms with Gasteiger partial charge in [-0.1, -0.05) is 55.0 Å². The van der Waals surface area contributed by atoms with Gasteiger partial charge >= 0.3 is 40.0 Å².